The van der Waals surface area contributed by atoms with Crippen LogP contribution >= 0.6 is 0 Å². The second-order valence-corrected chi connectivity index (χ2v) is 4.21. The van der Waals surface area contributed by atoms with Crippen molar-refractivity contribution < 1.29 is 0 Å². The Hall–Kier alpha value is -1.18. The molecule has 1 aromatic rings. The molecule has 0 atom stereocenters. The highest BCUT2D eigenvalue weighted by molar-refractivity contribution is 5.64. The van der Waals surface area contributed by atoms with Gasteiger partial charge in [0.05, 0.1) is 0 Å². The molecule has 0 heterocycles. The topological polar surface area (TPSA) is 6.48 Å². The fourth-order valence-electron chi connectivity index (χ4n) is 1.75. The third-order valence-electron chi connectivity index (χ3n) is 2.48. The molecule has 0 amide bonds. The first kappa shape index (κ1) is 10.9. The van der Waals surface area contributed by atoms with E-state index in [1.165, 1.54) is 22.5 Å². The van der Waals surface area contributed by atoms with Gasteiger partial charge in [0.15, 0.2) is 0 Å². The Labute approximate surface area is 87.1 Å². The molecule has 1 aromatic carbocycles. The zero-order valence-corrected chi connectivity index (χ0v) is 10.0. The molecule has 0 spiro atoms. The van der Waals surface area contributed by atoms with Crippen molar-refractivity contribution in [2.45, 2.75) is 13.8 Å². The number of nitrogens with zero attached hydrogens (tertiary/aromatic N) is 2. The minimum absolute atomic E-state index is 1.30. The van der Waals surface area contributed by atoms with Crippen LogP contribution in [0.25, 0.3) is 0 Å². The van der Waals surface area contributed by atoms with Crippen molar-refractivity contribution in [3.8, 4) is 0 Å². The minimum Gasteiger partial charge on any atom is -0.377 e. The van der Waals surface area contributed by atoms with Crippen molar-refractivity contribution in [2.24, 2.45) is 0 Å². The van der Waals surface area contributed by atoms with Crippen LogP contribution in [0.3, 0.4) is 0 Å². The van der Waals surface area contributed by atoms with Gasteiger partial charge < -0.3 is 9.80 Å². The van der Waals surface area contributed by atoms with Crippen LogP contribution < -0.4 is 9.80 Å². The largest absolute Gasteiger partial charge is 0.377 e. The molecule has 78 valence electrons. The number of benzene rings is 1. The Bertz CT molecular complexity index is 294. The van der Waals surface area contributed by atoms with Crippen LogP contribution in [-0.2, 0) is 0 Å². The summed E-state index contributed by atoms with van der Waals surface area (Å²) in [5.74, 6) is 0. The van der Waals surface area contributed by atoms with Gasteiger partial charge in [-0.2, -0.15) is 0 Å². The van der Waals surface area contributed by atoms with Gasteiger partial charge in [0.1, 0.15) is 0 Å². The molecule has 0 fully saturated rings. The van der Waals surface area contributed by atoms with Gasteiger partial charge in [-0.3, -0.25) is 0 Å². The Morgan fingerprint density at radius 1 is 0.714 bits per heavy atom. The zero-order chi connectivity index (χ0) is 10.9. The second-order valence-electron chi connectivity index (χ2n) is 4.21. The summed E-state index contributed by atoms with van der Waals surface area (Å²) in [6.07, 6.45) is 0. The average molecular weight is 192 g/mol. The summed E-state index contributed by atoms with van der Waals surface area (Å²) in [7, 11) is 8.32. The lowest BCUT2D eigenvalue weighted by molar-refractivity contribution is 1.08. The number of anilines is 2. The van der Waals surface area contributed by atoms with E-state index in [-0.39, 0.29) is 0 Å². The molecule has 0 aromatic heterocycles. The first-order valence-corrected chi connectivity index (χ1v) is 4.89. The van der Waals surface area contributed by atoms with Crippen LogP contribution in [0, 0.1) is 13.8 Å². The molecule has 2 nitrogen and oxygen atoms in total. The molecule has 0 N–H and O–H groups in total. The highest BCUT2D eigenvalue weighted by atomic mass is 15.1. The normalized spacial score (nSPS) is 10.1. The van der Waals surface area contributed by atoms with E-state index in [0.717, 1.165) is 0 Å². The zero-order valence-electron chi connectivity index (χ0n) is 10.0. The van der Waals surface area contributed by atoms with Gasteiger partial charge in [-0.15, -0.1) is 0 Å². The summed E-state index contributed by atoms with van der Waals surface area (Å²) in [6.45, 7) is 4.31. The monoisotopic (exact) mass is 192 g/mol. The molecule has 0 aliphatic carbocycles. The number of hydrogen-bond donors (Lipinski definition) is 0. The van der Waals surface area contributed by atoms with Gasteiger partial charge >= 0.3 is 0 Å². The van der Waals surface area contributed by atoms with Crippen LogP contribution in [0.15, 0.2) is 12.1 Å². The van der Waals surface area contributed by atoms with Crippen molar-refractivity contribution >= 4 is 11.4 Å². The number of hydrogen-bond acceptors (Lipinski definition) is 2. The van der Waals surface area contributed by atoms with Gasteiger partial charge in [-0.05, 0) is 37.1 Å². The highest BCUT2D eigenvalue weighted by Crippen LogP contribution is 2.27. The highest BCUT2D eigenvalue weighted by Gasteiger charge is 2.06. The van der Waals surface area contributed by atoms with E-state index in [9.17, 15) is 0 Å². The first-order chi connectivity index (χ1) is 6.43. The van der Waals surface area contributed by atoms with E-state index in [0.29, 0.717) is 0 Å². The first-order valence-electron chi connectivity index (χ1n) is 4.89. The van der Waals surface area contributed by atoms with Crippen molar-refractivity contribution in [3.05, 3.63) is 23.3 Å². The fraction of sp³-hybridized carbons (Fsp3) is 0.500. The van der Waals surface area contributed by atoms with Crippen molar-refractivity contribution in [2.75, 3.05) is 38.0 Å². The average Bonchev–Trinajstić information content (AvgIpc) is 2.07. The summed E-state index contributed by atoms with van der Waals surface area (Å²) in [4.78, 5) is 4.31. The molecule has 0 aliphatic heterocycles. The second kappa shape index (κ2) is 3.91. The molecule has 2 heteroatoms. The van der Waals surface area contributed by atoms with E-state index >= 15 is 0 Å². The summed E-state index contributed by atoms with van der Waals surface area (Å²) >= 11 is 0. The molecule has 0 saturated carbocycles. The van der Waals surface area contributed by atoms with Gasteiger partial charge in [0.25, 0.3) is 0 Å². The lowest BCUT2D eigenvalue weighted by Crippen LogP contribution is -2.14. The maximum Gasteiger partial charge on any atom is 0.0394 e. The predicted octanol–water partition coefficient (Wildman–Crippen LogP) is 2.44. The molecular weight excluding hydrogens is 172 g/mol. The lowest BCUT2D eigenvalue weighted by atomic mass is 10.1. The summed E-state index contributed by atoms with van der Waals surface area (Å²) in [5.41, 5.74) is 5.25. The number of aryl methyl sites for hydroxylation is 2. The van der Waals surface area contributed by atoms with Crippen LogP contribution in [-0.4, -0.2) is 28.2 Å². The van der Waals surface area contributed by atoms with Gasteiger partial charge in [0.2, 0.25) is 0 Å². The Morgan fingerprint density at radius 3 is 1.21 bits per heavy atom. The van der Waals surface area contributed by atoms with Crippen LogP contribution in [0.5, 0.6) is 0 Å². The van der Waals surface area contributed by atoms with Gasteiger partial charge in [-0.25, -0.2) is 0 Å². The van der Waals surface area contributed by atoms with E-state index < -0.39 is 0 Å². The smallest absolute Gasteiger partial charge is 0.0394 e. The standard InChI is InChI=1S/C12H20N2/c1-9-7-12(14(5)6)10(2)8-11(9)13(3)4/h7-8H,1-6H3. The molecule has 0 aliphatic rings. The van der Waals surface area contributed by atoms with E-state index in [1.54, 1.807) is 0 Å². The van der Waals surface area contributed by atoms with Gasteiger partial charge in [0, 0.05) is 39.6 Å². The van der Waals surface area contributed by atoms with E-state index in [2.05, 4.69) is 64.0 Å². The predicted molar refractivity (Wildman–Crippen MR) is 64.6 cm³/mol. The fourth-order valence-corrected chi connectivity index (χ4v) is 1.75. The van der Waals surface area contributed by atoms with E-state index in [4.69, 9.17) is 0 Å². The van der Waals surface area contributed by atoms with Crippen LogP contribution in [0.1, 0.15) is 11.1 Å². The SMILES string of the molecule is Cc1cc(N(C)C)c(C)cc1N(C)C. The molecule has 0 saturated heterocycles. The third kappa shape index (κ3) is 2.00. The maximum atomic E-state index is 2.24. The maximum absolute atomic E-state index is 2.24. The van der Waals surface area contributed by atoms with Crippen LogP contribution in [0.4, 0.5) is 11.4 Å². The van der Waals surface area contributed by atoms with Crippen molar-refractivity contribution in [3.63, 3.8) is 0 Å². The molecule has 1 rings (SSSR count). The molecule has 0 bridgehead atoms. The molecule has 0 radical (unpaired) electrons. The molecule has 0 unspecified atom stereocenters. The van der Waals surface area contributed by atoms with Crippen molar-refractivity contribution in [1.29, 1.82) is 0 Å². The van der Waals surface area contributed by atoms with Crippen molar-refractivity contribution in [1.82, 2.24) is 0 Å². The Balaban J connectivity index is 3.24. The van der Waals surface area contributed by atoms with E-state index in [1.807, 2.05) is 0 Å². The molecule has 14 heavy (non-hydrogen) atoms. The lowest BCUT2D eigenvalue weighted by Gasteiger charge is -2.21. The quantitative estimate of drug-likeness (QED) is 0.710. The molecular formula is C12H20N2. The summed E-state index contributed by atoms with van der Waals surface area (Å²) < 4.78 is 0. The summed E-state index contributed by atoms with van der Waals surface area (Å²) in [5, 5.41) is 0. The van der Waals surface area contributed by atoms with Crippen LogP contribution in [0.2, 0.25) is 0 Å². The summed E-state index contributed by atoms with van der Waals surface area (Å²) in [6, 6.07) is 4.48. The number of rotatable bonds is 2. The Kier molecular flexibility index (Phi) is 3.04. The minimum atomic E-state index is 1.30. The third-order valence-corrected chi connectivity index (χ3v) is 2.48. The Morgan fingerprint density at radius 2 is 1.00 bits per heavy atom. The van der Waals surface area contributed by atoms with Gasteiger partial charge in [-0.1, -0.05) is 0 Å².